The Kier molecular flexibility index (Phi) is 7.57. The van der Waals surface area contributed by atoms with Gasteiger partial charge in [0.25, 0.3) is 17.0 Å². The van der Waals surface area contributed by atoms with Crippen molar-refractivity contribution in [3.8, 4) is 0 Å². The molecule has 0 unspecified atom stereocenters. The molecular weight excluding hydrogens is 484 g/mol. The van der Waals surface area contributed by atoms with E-state index in [4.69, 9.17) is 5.41 Å². The monoisotopic (exact) mass is 514 g/mol. The molecule has 38 heavy (non-hydrogen) atoms. The summed E-state index contributed by atoms with van der Waals surface area (Å²) in [4.78, 5) is 54.3. The topological polar surface area (TPSA) is 152 Å². The van der Waals surface area contributed by atoms with E-state index in [2.05, 4.69) is 15.6 Å². The van der Waals surface area contributed by atoms with Gasteiger partial charge in [-0.25, -0.2) is 4.79 Å². The van der Waals surface area contributed by atoms with E-state index in [1.165, 1.54) is 18.2 Å². The Labute approximate surface area is 218 Å². The van der Waals surface area contributed by atoms with Gasteiger partial charge in [-0.3, -0.25) is 24.8 Å². The zero-order valence-electron chi connectivity index (χ0n) is 21.6. The Morgan fingerprint density at radius 2 is 1.66 bits per heavy atom. The number of H-pyrrole nitrogens is 1. The molecule has 3 aromatic carbocycles. The van der Waals surface area contributed by atoms with Crippen molar-refractivity contribution in [1.82, 2.24) is 10.3 Å². The van der Waals surface area contributed by atoms with Crippen LogP contribution in [0.4, 0.5) is 5.69 Å². The highest BCUT2D eigenvalue weighted by Gasteiger charge is 2.27. The average molecular weight is 515 g/mol. The number of anilines is 1. The maximum atomic E-state index is 13.7. The van der Waals surface area contributed by atoms with Crippen molar-refractivity contribution in [2.45, 2.75) is 46.5 Å². The number of aromatic carboxylic acids is 1. The smallest absolute Gasteiger partial charge is 0.336 e. The number of fused-ring (bicyclic) bond motifs is 3. The van der Waals surface area contributed by atoms with E-state index in [-0.39, 0.29) is 44.1 Å². The largest absolute Gasteiger partial charge is 0.478 e. The second-order valence-electron chi connectivity index (χ2n) is 9.27. The third kappa shape index (κ3) is 4.74. The third-order valence-electron chi connectivity index (χ3n) is 6.78. The van der Waals surface area contributed by atoms with E-state index in [9.17, 15) is 24.3 Å². The lowest BCUT2D eigenvalue weighted by molar-refractivity contribution is 0.0696. The van der Waals surface area contributed by atoms with Crippen LogP contribution in [-0.4, -0.2) is 34.3 Å². The minimum Gasteiger partial charge on any atom is -0.478 e. The summed E-state index contributed by atoms with van der Waals surface area (Å²) in [5, 5.41) is 25.0. The second kappa shape index (κ2) is 10.8. The predicted octanol–water partition coefficient (Wildman–Crippen LogP) is 4.41. The van der Waals surface area contributed by atoms with Crippen LogP contribution in [0.3, 0.4) is 0 Å². The Hall–Kier alpha value is -4.53. The number of rotatable bonds is 9. The van der Waals surface area contributed by atoms with Gasteiger partial charge in [-0.15, -0.1) is 0 Å². The first-order valence-corrected chi connectivity index (χ1v) is 12.6. The van der Waals surface area contributed by atoms with Crippen molar-refractivity contribution < 1.29 is 14.7 Å². The predicted molar refractivity (Wildman–Crippen MR) is 149 cm³/mol. The Morgan fingerprint density at radius 3 is 2.29 bits per heavy atom. The fraction of sp³-hybridized carbons (Fsp3) is 0.276. The van der Waals surface area contributed by atoms with Crippen molar-refractivity contribution in [3.05, 3.63) is 84.9 Å². The molecule has 0 aliphatic carbocycles. The van der Waals surface area contributed by atoms with Crippen LogP contribution in [0.25, 0.3) is 21.5 Å². The van der Waals surface area contributed by atoms with Gasteiger partial charge in [0, 0.05) is 44.9 Å². The second-order valence-corrected chi connectivity index (χ2v) is 9.27. The Bertz CT molecular complexity index is 1690. The van der Waals surface area contributed by atoms with Crippen molar-refractivity contribution >= 4 is 44.9 Å². The molecule has 2 bridgehead atoms. The van der Waals surface area contributed by atoms with Crippen LogP contribution in [-0.2, 0) is 6.42 Å². The van der Waals surface area contributed by atoms with Crippen LogP contribution in [0, 0.1) is 12.3 Å². The van der Waals surface area contributed by atoms with Gasteiger partial charge >= 0.3 is 5.97 Å². The standard InChI is InChI=1S/C29H30N4O5/c1-4-6-7-13-31-25(30)23-20(29(37)38)14-19(28(36)32-24-15(3)9-8-10-16(24)5-2)21-17-11-12-18(22(21)23)27(35)33-26(17)34/h8-12,14H,4-7,13H2,1-3H3,(H2,30,31)(H,32,36)(H,37,38)(H,33,34,35). The molecule has 9 heteroatoms. The molecule has 0 saturated carbocycles. The molecule has 5 N–H and O–H groups in total. The van der Waals surface area contributed by atoms with E-state index < -0.39 is 23.0 Å². The highest BCUT2D eigenvalue weighted by atomic mass is 16.4. The van der Waals surface area contributed by atoms with Crippen LogP contribution >= 0.6 is 0 Å². The summed E-state index contributed by atoms with van der Waals surface area (Å²) >= 11 is 0. The number of benzene rings is 3. The van der Waals surface area contributed by atoms with Gasteiger partial charge in [-0.2, -0.15) is 0 Å². The van der Waals surface area contributed by atoms with Gasteiger partial charge in [0.2, 0.25) is 0 Å². The van der Waals surface area contributed by atoms with Gasteiger partial charge < -0.3 is 15.7 Å². The van der Waals surface area contributed by atoms with Crippen molar-refractivity contribution in [1.29, 1.82) is 5.41 Å². The minimum absolute atomic E-state index is 0.0204. The number of aromatic nitrogens is 1. The molecule has 5 rings (SSSR count). The zero-order chi connectivity index (χ0) is 27.6. The van der Waals surface area contributed by atoms with Crippen LogP contribution < -0.4 is 21.8 Å². The highest BCUT2D eigenvalue weighted by molar-refractivity contribution is 6.28. The van der Waals surface area contributed by atoms with Crippen LogP contribution in [0.2, 0.25) is 0 Å². The molecule has 0 fully saturated rings. The lowest BCUT2D eigenvalue weighted by atomic mass is 9.90. The summed E-state index contributed by atoms with van der Waals surface area (Å²) in [5.41, 5.74) is 0.502. The lowest BCUT2D eigenvalue weighted by Crippen LogP contribution is -2.27. The molecule has 0 spiro atoms. The van der Waals surface area contributed by atoms with Crippen LogP contribution in [0.5, 0.6) is 0 Å². The van der Waals surface area contributed by atoms with Crippen molar-refractivity contribution in [2.24, 2.45) is 0 Å². The lowest BCUT2D eigenvalue weighted by Gasteiger charge is -2.18. The summed E-state index contributed by atoms with van der Waals surface area (Å²) in [7, 11) is 0. The van der Waals surface area contributed by atoms with E-state index >= 15 is 0 Å². The molecule has 0 aliphatic heterocycles. The Balaban J connectivity index is 2.03. The van der Waals surface area contributed by atoms with E-state index in [0.29, 0.717) is 18.7 Å². The molecule has 5 aromatic rings. The van der Waals surface area contributed by atoms with Gasteiger partial charge in [-0.1, -0.05) is 44.9 Å². The number of carboxylic acid groups (broad SMARTS) is 1. The molecule has 0 radical (unpaired) electrons. The highest BCUT2D eigenvalue weighted by Crippen LogP contribution is 2.33. The molecule has 9 nitrogen and oxygen atoms in total. The minimum atomic E-state index is -1.36. The first kappa shape index (κ1) is 26.5. The summed E-state index contributed by atoms with van der Waals surface area (Å²) in [6, 6.07) is 9.70. The van der Waals surface area contributed by atoms with Crippen molar-refractivity contribution in [2.75, 3.05) is 11.9 Å². The summed E-state index contributed by atoms with van der Waals surface area (Å²) < 4.78 is 0. The zero-order valence-corrected chi connectivity index (χ0v) is 21.6. The number of hydrogen-bond donors (Lipinski definition) is 5. The van der Waals surface area contributed by atoms with Crippen LogP contribution in [0.1, 0.15) is 70.5 Å². The summed E-state index contributed by atoms with van der Waals surface area (Å²) in [6.45, 7) is 6.29. The molecule has 2 heterocycles. The SMILES string of the molecule is CCCCCNC(=N)c1c(C(=O)O)cc(C(=O)Nc2c(C)cccc2CC)c2c3ccc(c(=O)[nH]c3=O)c12. The van der Waals surface area contributed by atoms with E-state index in [1.807, 2.05) is 39.0 Å². The van der Waals surface area contributed by atoms with Crippen molar-refractivity contribution in [3.63, 3.8) is 0 Å². The summed E-state index contributed by atoms with van der Waals surface area (Å²) in [5.74, 6) is -2.16. The number of unbranched alkanes of at least 4 members (excludes halogenated alkanes) is 2. The maximum Gasteiger partial charge on any atom is 0.336 e. The fourth-order valence-electron chi connectivity index (χ4n) is 4.85. The number of carbonyl (C=O) groups is 2. The third-order valence-corrected chi connectivity index (χ3v) is 6.78. The number of amides is 1. The number of carbonyl (C=O) groups excluding carboxylic acids is 1. The normalized spacial score (nSPS) is 11.1. The summed E-state index contributed by atoms with van der Waals surface area (Å²) in [6.07, 6.45) is 3.33. The first-order chi connectivity index (χ1) is 18.2. The van der Waals surface area contributed by atoms with Gasteiger partial charge in [0.05, 0.1) is 5.56 Å². The first-order valence-electron chi connectivity index (χ1n) is 12.6. The van der Waals surface area contributed by atoms with E-state index in [1.54, 1.807) is 0 Å². The average Bonchev–Trinajstić information content (AvgIpc) is 3.10. The number of hydrogen-bond acceptors (Lipinski definition) is 5. The number of nitrogens with one attached hydrogen (secondary N) is 4. The van der Waals surface area contributed by atoms with Gasteiger partial charge in [0.15, 0.2) is 0 Å². The quantitative estimate of drug-likeness (QED) is 0.127. The van der Waals surface area contributed by atoms with Gasteiger partial charge in [0.1, 0.15) is 5.84 Å². The number of aromatic amines is 1. The number of para-hydroxylation sites is 1. The maximum absolute atomic E-state index is 13.7. The Morgan fingerprint density at radius 1 is 0.974 bits per heavy atom. The number of aryl methyl sites for hydroxylation is 2. The van der Waals surface area contributed by atoms with Crippen LogP contribution in [0.15, 0.2) is 46.0 Å². The fourth-order valence-corrected chi connectivity index (χ4v) is 4.85. The molecule has 0 aliphatic rings. The molecular formula is C29H30N4O5. The molecule has 1 amide bonds. The van der Waals surface area contributed by atoms with E-state index in [0.717, 1.165) is 30.4 Å². The molecule has 0 atom stereocenters. The molecule has 2 aromatic heterocycles. The van der Waals surface area contributed by atoms with Gasteiger partial charge in [-0.05, 0) is 49.1 Å². The number of carboxylic acids is 1. The molecule has 196 valence electrons. The number of amidine groups is 1. The molecule has 0 saturated heterocycles.